The Bertz CT molecular complexity index is 2500. The lowest BCUT2D eigenvalue weighted by molar-refractivity contribution is 0.672. The molecule has 2 aliphatic carbocycles. The summed E-state index contributed by atoms with van der Waals surface area (Å²) < 4.78 is 0. The molecule has 0 N–H and O–H groups in total. The molecule has 8 aromatic carbocycles. The van der Waals surface area contributed by atoms with E-state index in [1.165, 1.54) is 98.7 Å². The van der Waals surface area contributed by atoms with Gasteiger partial charge in [-0.2, -0.15) is 0 Å². The van der Waals surface area contributed by atoms with Gasteiger partial charge in [0.25, 0.3) is 0 Å². The third kappa shape index (κ3) is 2.86. The summed E-state index contributed by atoms with van der Waals surface area (Å²) in [5.41, 5.74) is 13.5. The Labute approximate surface area is 250 Å². The number of fused-ring (bicyclic) bond motifs is 13. The zero-order valence-corrected chi connectivity index (χ0v) is 24.2. The summed E-state index contributed by atoms with van der Waals surface area (Å²) >= 11 is 0. The minimum Gasteiger partial charge on any atom is -0.0616 e. The van der Waals surface area contributed by atoms with Gasteiger partial charge in [-0.3, -0.25) is 0 Å². The number of hydrogen-bond donors (Lipinski definition) is 0. The summed E-state index contributed by atoms with van der Waals surface area (Å²) in [5, 5.41) is 10.8. The fraction of sp³-hybridized carbons (Fsp3) is 0.0698. The second-order valence-electron chi connectivity index (χ2n) is 12.8. The van der Waals surface area contributed by atoms with Gasteiger partial charge in [-0.25, -0.2) is 0 Å². The van der Waals surface area contributed by atoms with E-state index in [4.69, 9.17) is 0 Å². The maximum Gasteiger partial charge on any atom is 0.0171 e. The molecule has 0 atom stereocenters. The number of rotatable bonds is 1. The molecule has 8 aromatic rings. The smallest absolute Gasteiger partial charge is 0.0171 e. The molecule has 0 saturated carbocycles. The van der Waals surface area contributed by atoms with Gasteiger partial charge in [0.1, 0.15) is 0 Å². The molecule has 0 nitrogen and oxygen atoms in total. The van der Waals surface area contributed by atoms with Gasteiger partial charge in [-0.05, 0) is 105 Å². The Morgan fingerprint density at radius 1 is 0.372 bits per heavy atom. The van der Waals surface area contributed by atoms with Crippen LogP contribution in [-0.4, -0.2) is 0 Å². The molecule has 0 unspecified atom stereocenters. The highest BCUT2D eigenvalue weighted by Crippen LogP contribution is 2.57. The van der Waals surface area contributed by atoms with Crippen LogP contribution in [0, 0.1) is 0 Å². The van der Waals surface area contributed by atoms with Crippen molar-refractivity contribution in [1.29, 1.82) is 0 Å². The average Bonchev–Trinajstić information content (AvgIpc) is 3.51. The molecule has 0 amide bonds. The molecule has 0 aliphatic heterocycles. The Morgan fingerprint density at radius 3 is 1.84 bits per heavy atom. The van der Waals surface area contributed by atoms with E-state index in [0.29, 0.717) is 0 Å². The SMILES string of the molecule is CC1(C)c2c(ccc3ccccc23)-c2c1c1ccc(-c3ccc4c5c(cccc35)-c3ccccc3-4)cc1c1ccccc21. The minimum atomic E-state index is -0.122. The molecule has 0 saturated heterocycles. The van der Waals surface area contributed by atoms with E-state index in [0.717, 1.165) is 0 Å². The summed E-state index contributed by atoms with van der Waals surface area (Å²) in [6.07, 6.45) is 0. The van der Waals surface area contributed by atoms with Gasteiger partial charge < -0.3 is 0 Å². The van der Waals surface area contributed by atoms with Gasteiger partial charge in [0.15, 0.2) is 0 Å². The Balaban J connectivity index is 1.28. The normalized spacial score (nSPS) is 14.0. The maximum absolute atomic E-state index is 2.46. The summed E-state index contributed by atoms with van der Waals surface area (Å²) in [4.78, 5) is 0. The van der Waals surface area contributed by atoms with Crippen LogP contribution in [0.25, 0.3) is 87.6 Å². The number of benzene rings is 8. The summed E-state index contributed by atoms with van der Waals surface area (Å²) in [5.74, 6) is 0. The first-order chi connectivity index (χ1) is 21.1. The molecular formula is C43H28. The van der Waals surface area contributed by atoms with Crippen molar-refractivity contribution in [2.75, 3.05) is 0 Å². The summed E-state index contributed by atoms with van der Waals surface area (Å²) in [7, 11) is 0. The zero-order chi connectivity index (χ0) is 28.4. The zero-order valence-electron chi connectivity index (χ0n) is 24.2. The van der Waals surface area contributed by atoms with Crippen molar-refractivity contribution in [2.24, 2.45) is 0 Å². The lowest BCUT2D eigenvalue weighted by Gasteiger charge is -2.25. The predicted molar refractivity (Wildman–Crippen MR) is 184 cm³/mol. The quantitative estimate of drug-likeness (QED) is 0.180. The van der Waals surface area contributed by atoms with Crippen molar-refractivity contribution >= 4 is 43.1 Å². The van der Waals surface area contributed by atoms with Crippen LogP contribution in [0.1, 0.15) is 25.0 Å². The molecule has 43 heavy (non-hydrogen) atoms. The standard InChI is InChI=1S/C43H28/c1-43(2)41-28-11-4-3-10-25(28)18-21-37(41)40-34-15-8-7-14-31(34)38-24-26(19-20-36(38)42(40)43)27-22-23-35-30-13-6-5-12-29(30)33-17-9-16-32(27)39(33)35/h3-24H,1-2H3. The van der Waals surface area contributed by atoms with Crippen LogP contribution in [0.4, 0.5) is 0 Å². The molecule has 200 valence electrons. The summed E-state index contributed by atoms with van der Waals surface area (Å²) in [6.45, 7) is 4.85. The van der Waals surface area contributed by atoms with Crippen LogP contribution >= 0.6 is 0 Å². The van der Waals surface area contributed by atoms with Crippen molar-refractivity contribution in [2.45, 2.75) is 19.3 Å². The Hall–Kier alpha value is -5.20. The van der Waals surface area contributed by atoms with Gasteiger partial charge in [-0.15, -0.1) is 0 Å². The fourth-order valence-corrected chi connectivity index (χ4v) is 8.63. The lowest BCUT2D eigenvalue weighted by atomic mass is 9.77. The van der Waals surface area contributed by atoms with Crippen molar-refractivity contribution < 1.29 is 0 Å². The second-order valence-corrected chi connectivity index (χ2v) is 12.8. The summed E-state index contributed by atoms with van der Waals surface area (Å²) in [6, 6.07) is 50.1. The molecule has 10 rings (SSSR count). The fourth-order valence-electron chi connectivity index (χ4n) is 8.63. The van der Waals surface area contributed by atoms with E-state index in [-0.39, 0.29) is 5.41 Å². The minimum absolute atomic E-state index is 0.122. The van der Waals surface area contributed by atoms with E-state index < -0.39 is 0 Å². The van der Waals surface area contributed by atoms with Crippen molar-refractivity contribution in [3.8, 4) is 44.5 Å². The van der Waals surface area contributed by atoms with Crippen LogP contribution < -0.4 is 0 Å². The highest BCUT2D eigenvalue weighted by molar-refractivity contribution is 6.22. The van der Waals surface area contributed by atoms with Crippen molar-refractivity contribution in [1.82, 2.24) is 0 Å². The van der Waals surface area contributed by atoms with Crippen molar-refractivity contribution in [3.63, 3.8) is 0 Å². The monoisotopic (exact) mass is 544 g/mol. The van der Waals surface area contributed by atoms with Crippen LogP contribution in [0.3, 0.4) is 0 Å². The molecule has 0 heteroatoms. The van der Waals surface area contributed by atoms with E-state index in [9.17, 15) is 0 Å². The molecule has 0 fully saturated rings. The van der Waals surface area contributed by atoms with Gasteiger partial charge in [0.05, 0.1) is 0 Å². The average molecular weight is 545 g/mol. The topological polar surface area (TPSA) is 0 Å². The predicted octanol–water partition coefficient (Wildman–Crippen LogP) is 11.9. The first-order valence-corrected chi connectivity index (χ1v) is 15.3. The van der Waals surface area contributed by atoms with Gasteiger partial charge in [-0.1, -0.05) is 141 Å². The van der Waals surface area contributed by atoms with E-state index in [1.54, 1.807) is 0 Å². The maximum atomic E-state index is 2.46. The molecule has 0 aromatic heterocycles. The van der Waals surface area contributed by atoms with Gasteiger partial charge >= 0.3 is 0 Å². The molecular weight excluding hydrogens is 516 g/mol. The van der Waals surface area contributed by atoms with Gasteiger partial charge in [0.2, 0.25) is 0 Å². The van der Waals surface area contributed by atoms with Crippen LogP contribution in [0.15, 0.2) is 133 Å². The molecule has 0 heterocycles. The lowest BCUT2D eigenvalue weighted by Crippen LogP contribution is -2.16. The highest BCUT2D eigenvalue weighted by Gasteiger charge is 2.39. The van der Waals surface area contributed by atoms with E-state index in [2.05, 4.69) is 147 Å². The van der Waals surface area contributed by atoms with Gasteiger partial charge in [0, 0.05) is 5.41 Å². The van der Waals surface area contributed by atoms with Crippen LogP contribution in [-0.2, 0) is 5.41 Å². The number of hydrogen-bond acceptors (Lipinski definition) is 0. The molecule has 0 bridgehead atoms. The first-order valence-electron chi connectivity index (χ1n) is 15.3. The highest BCUT2D eigenvalue weighted by atomic mass is 14.4. The van der Waals surface area contributed by atoms with Crippen molar-refractivity contribution in [3.05, 3.63) is 145 Å². The molecule has 0 spiro atoms. The Morgan fingerprint density at radius 2 is 1.00 bits per heavy atom. The first kappa shape index (κ1) is 23.4. The van der Waals surface area contributed by atoms with E-state index >= 15 is 0 Å². The Kier molecular flexibility index (Phi) is 4.35. The van der Waals surface area contributed by atoms with Crippen LogP contribution in [0.5, 0.6) is 0 Å². The third-order valence-corrected chi connectivity index (χ3v) is 10.3. The largest absolute Gasteiger partial charge is 0.0616 e. The second kappa shape index (κ2) is 8.00. The van der Waals surface area contributed by atoms with Crippen LogP contribution in [0.2, 0.25) is 0 Å². The molecule has 2 aliphatic rings. The van der Waals surface area contributed by atoms with E-state index in [1.807, 2.05) is 0 Å². The third-order valence-electron chi connectivity index (χ3n) is 10.3. The molecule has 0 radical (unpaired) electrons.